The molecule has 1 aliphatic heterocycles. The van der Waals surface area contributed by atoms with Gasteiger partial charge in [0.25, 0.3) is 0 Å². The predicted molar refractivity (Wildman–Crippen MR) is 51.7 cm³/mol. The molecule has 4 nitrogen and oxygen atoms in total. The largest absolute Gasteiger partial charge is 0.324 e. The summed E-state index contributed by atoms with van der Waals surface area (Å²) in [6, 6.07) is 0.0900. The lowest BCUT2D eigenvalue weighted by Gasteiger charge is -2.32. The molecule has 1 heterocycles. The van der Waals surface area contributed by atoms with E-state index in [1.165, 1.54) is 12.8 Å². The standard InChI is InChI=1S/C10H16N2O2/c1-7-2-4-8(5-3-7)12-6-9(13)11-10(12)14/h7-8H,2-6H2,1H3,(H,11,13,14). The molecule has 1 saturated heterocycles. The molecule has 14 heavy (non-hydrogen) atoms. The minimum atomic E-state index is -0.199. The van der Waals surface area contributed by atoms with Crippen molar-refractivity contribution in [2.45, 2.75) is 38.6 Å². The molecule has 0 aromatic rings. The minimum absolute atomic E-state index is 0.159. The number of hydrogen-bond acceptors (Lipinski definition) is 2. The monoisotopic (exact) mass is 196 g/mol. The molecule has 0 aromatic heterocycles. The van der Waals surface area contributed by atoms with Crippen LogP contribution in [0.15, 0.2) is 0 Å². The summed E-state index contributed by atoms with van der Waals surface area (Å²) in [5.41, 5.74) is 0. The van der Waals surface area contributed by atoms with Crippen molar-refractivity contribution in [1.82, 2.24) is 10.2 Å². The van der Waals surface area contributed by atoms with Crippen LogP contribution >= 0.6 is 0 Å². The zero-order valence-electron chi connectivity index (χ0n) is 8.45. The summed E-state index contributed by atoms with van der Waals surface area (Å²) in [5, 5.41) is 2.32. The molecule has 3 amide bonds. The van der Waals surface area contributed by atoms with Gasteiger partial charge in [0, 0.05) is 6.04 Å². The maximum atomic E-state index is 11.4. The topological polar surface area (TPSA) is 49.4 Å². The maximum absolute atomic E-state index is 11.4. The summed E-state index contributed by atoms with van der Waals surface area (Å²) in [6.45, 7) is 2.50. The predicted octanol–water partition coefficient (Wildman–Crippen LogP) is 1.12. The van der Waals surface area contributed by atoms with Crippen molar-refractivity contribution in [2.75, 3.05) is 6.54 Å². The number of imide groups is 1. The van der Waals surface area contributed by atoms with Crippen molar-refractivity contribution in [3.05, 3.63) is 0 Å². The molecular weight excluding hydrogens is 180 g/mol. The van der Waals surface area contributed by atoms with Gasteiger partial charge in [-0.25, -0.2) is 4.79 Å². The van der Waals surface area contributed by atoms with E-state index in [1.807, 2.05) is 0 Å². The lowest BCUT2D eigenvalue weighted by molar-refractivity contribution is -0.118. The van der Waals surface area contributed by atoms with Crippen LogP contribution in [0.3, 0.4) is 0 Å². The van der Waals surface area contributed by atoms with Gasteiger partial charge in [0.2, 0.25) is 5.91 Å². The molecule has 0 bridgehead atoms. The highest BCUT2D eigenvalue weighted by molar-refractivity contribution is 6.02. The number of nitrogens with one attached hydrogen (secondary N) is 1. The van der Waals surface area contributed by atoms with Crippen molar-refractivity contribution in [1.29, 1.82) is 0 Å². The van der Waals surface area contributed by atoms with Gasteiger partial charge >= 0.3 is 6.03 Å². The Labute approximate surface area is 83.6 Å². The number of amides is 3. The zero-order valence-corrected chi connectivity index (χ0v) is 8.45. The van der Waals surface area contributed by atoms with Gasteiger partial charge in [-0.05, 0) is 31.6 Å². The summed E-state index contributed by atoms with van der Waals surface area (Å²) in [7, 11) is 0. The minimum Gasteiger partial charge on any atom is -0.312 e. The first-order valence-corrected chi connectivity index (χ1v) is 5.27. The lowest BCUT2D eigenvalue weighted by Crippen LogP contribution is -2.40. The number of urea groups is 1. The molecule has 2 fully saturated rings. The second-order valence-corrected chi connectivity index (χ2v) is 4.39. The second-order valence-electron chi connectivity index (χ2n) is 4.39. The van der Waals surface area contributed by atoms with Gasteiger partial charge in [-0.15, -0.1) is 0 Å². The third kappa shape index (κ3) is 1.74. The zero-order chi connectivity index (χ0) is 10.1. The van der Waals surface area contributed by atoms with E-state index in [0.29, 0.717) is 0 Å². The van der Waals surface area contributed by atoms with E-state index in [2.05, 4.69) is 12.2 Å². The fourth-order valence-corrected chi connectivity index (χ4v) is 2.31. The average molecular weight is 196 g/mol. The van der Waals surface area contributed by atoms with Crippen molar-refractivity contribution >= 4 is 11.9 Å². The average Bonchev–Trinajstić information content (AvgIpc) is 2.47. The van der Waals surface area contributed by atoms with Crippen LogP contribution in [0.2, 0.25) is 0 Å². The van der Waals surface area contributed by atoms with E-state index >= 15 is 0 Å². The van der Waals surface area contributed by atoms with Gasteiger partial charge in [-0.2, -0.15) is 0 Å². The quantitative estimate of drug-likeness (QED) is 0.639. The van der Waals surface area contributed by atoms with Crippen LogP contribution in [0.4, 0.5) is 4.79 Å². The molecule has 0 aromatic carbocycles. The Morgan fingerprint density at radius 3 is 2.36 bits per heavy atom. The van der Waals surface area contributed by atoms with Crippen LogP contribution < -0.4 is 5.32 Å². The third-order valence-corrected chi connectivity index (χ3v) is 3.25. The lowest BCUT2D eigenvalue weighted by atomic mass is 9.87. The highest BCUT2D eigenvalue weighted by Crippen LogP contribution is 2.27. The van der Waals surface area contributed by atoms with Crippen LogP contribution in [0.5, 0.6) is 0 Å². The van der Waals surface area contributed by atoms with Crippen LogP contribution in [-0.2, 0) is 4.79 Å². The van der Waals surface area contributed by atoms with Gasteiger partial charge in [-0.3, -0.25) is 10.1 Å². The molecule has 2 aliphatic rings. The molecule has 0 atom stereocenters. The number of nitrogens with zero attached hydrogens (tertiary/aromatic N) is 1. The summed E-state index contributed by atoms with van der Waals surface area (Å²) in [6.07, 6.45) is 4.43. The van der Waals surface area contributed by atoms with Gasteiger partial charge in [0.05, 0.1) is 0 Å². The van der Waals surface area contributed by atoms with E-state index < -0.39 is 0 Å². The van der Waals surface area contributed by atoms with E-state index in [9.17, 15) is 9.59 Å². The first kappa shape index (κ1) is 9.49. The van der Waals surface area contributed by atoms with Crippen molar-refractivity contribution in [2.24, 2.45) is 5.92 Å². The number of rotatable bonds is 1. The Bertz CT molecular complexity index is 257. The van der Waals surface area contributed by atoms with Crippen molar-refractivity contribution in [3.63, 3.8) is 0 Å². The normalized spacial score (nSPS) is 33.4. The van der Waals surface area contributed by atoms with Crippen LogP contribution in [0.25, 0.3) is 0 Å². The molecule has 0 unspecified atom stereocenters. The number of hydrogen-bond donors (Lipinski definition) is 1. The Hall–Kier alpha value is -1.06. The Balaban J connectivity index is 1.95. The first-order valence-electron chi connectivity index (χ1n) is 5.27. The molecule has 78 valence electrons. The Morgan fingerprint density at radius 1 is 1.21 bits per heavy atom. The van der Waals surface area contributed by atoms with Crippen molar-refractivity contribution < 1.29 is 9.59 Å². The molecule has 0 radical (unpaired) electrons. The Morgan fingerprint density at radius 2 is 1.86 bits per heavy atom. The van der Waals surface area contributed by atoms with E-state index in [1.54, 1.807) is 4.90 Å². The molecule has 0 spiro atoms. The fourth-order valence-electron chi connectivity index (χ4n) is 2.31. The van der Waals surface area contributed by atoms with E-state index in [0.717, 1.165) is 18.8 Å². The van der Waals surface area contributed by atoms with Gasteiger partial charge in [0.1, 0.15) is 6.54 Å². The van der Waals surface area contributed by atoms with Crippen molar-refractivity contribution in [3.8, 4) is 0 Å². The highest BCUT2D eigenvalue weighted by Gasteiger charge is 2.34. The van der Waals surface area contributed by atoms with Crippen LogP contribution in [-0.4, -0.2) is 29.4 Å². The molecule has 4 heteroatoms. The third-order valence-electron chi connectivity index (χ3n) is 3.25. The number of carbonyl (C=O) groups is 2. The molecular formula is C10H16N2O2. The molecule has 2 rings (SSSR count). The fraction of sp³-hybridized carbons (Fsp3) is 0.800. The van der Waals surface area contributed by atoms with Gasteiger partial charge < -0.3 is 4.90 Å². The van der Waals surface area contributed by atoms with Gasteiger partial charge in [-0.1, -0.05) is 6.92 Å². The van der Waals surface area contributed by atoms with Gasteiger partial charge in [0.15, 0.2) is 0 Å². The Kier molecular flexibility index (Phi) is 2.44. The number of carbonyl (C=O) groups excluding carboxylic acids is 2. The van der Waals surface area contributed by atoms with Crippen LogP contribution in [0, 0.1) is 5.92 Å². The summed E-state index contributed by atoms with van der Waals surface area (Å²) >= 11 is 0. The van der Waals surface area contributed by atoms with E-state index in [4.69, 9.17) is 0 Å². The van der Waals surface area contributed by atoms with Crippen LogP contribution in [0.1, 0.15) is 32.6 Å². The van der Waals surface area contributed by atoms with E-state index in [-0.39, 0.29) is 24.5 Å². The smallest absolute Gasteiger partial charge is 0.312 e. The molecule has 1 N–H and O–H groups in total. The molecule has 1 aliphatic carbocycles. The maximum Gasteiger partial charge on any atom is 0.324 e. The summed E-state index contributed by atoms with van der Waals surface area (Å²) in [4.78, 5) is 24.0. The second kappa shape index (κ2) is 3.59. The summed E-state index contributed by atoms with van der Waals surface area (Å²) < 4.78 is 0. The first-order chi connectivity index (χ1) is 6.66. The highest BCUT2D eigenvalue weighted by atomic mass is 16.2. The SMILES string of the molecule is CC1CCC(N2CC(=O)NC2=O)CC1. The molecule has 1 saturated carbocycles. The summed E-state index contributed by atoms with van der Waals surface area (Å²) in [5.74, 6) is 0.612.